The lowest BCUT2D eigenvalue weighted by Gasteiger charge is -2.34. The van der Waals surface area contributed by atoms with Gasteiger partial charge in [-0.2, -0.15) is 0 Å². The minimum Gasteiger partial charge on any atom is -0.493 e. The smallest absolute Gasteiger partial charge is 0.264 e. The Morgan fingerprint density at radius 2 is 1.51 bits per heavy atom. The lowest BCUT2D eigenvalue weighted by molar-refractivity contribution is -0.140. The Morgan fingerprint density at radius 3 is 2.12 bits per heavy atom. The van der Waals surface area contributed by atoms with Crippen LogP contribution in [0.15, 0.2) is 95.9 Å². The Balaban J connectivity index is 1.86. The number of carbonyl (C=O) groups is 2. The van der Waals surface area contributed by atoms with E-state index in [-0.39, 0.29) is 46.3 Å². The highest BCUT2D eigenvalue weighted by Crippen LogP contribution is 2.34. The molecule has 0 saturated carbocycles. The minimum absolute atomic E-state index is 0.00735. The summed E-state index contributed by atoms with van der Waals surface area (Å²) in [6.45, 7) is 5.01. The molecule has 0 fully saturated rings. The molecule has 0 heterocycles. The van der Waals surface area contributed by atoms with Crippen molar-refractivity contribution in [3.8, 4) is 11.5 Å². The zero-order valence-electron chi connectivity index (χ0n) is 28.2. The molecule has 0 aliphatic heterocycles. The third kappa shape index (κ3) is 9.47. The second kappa shape index (κ2) is 16.9. The zero-order chi connectivity index (χ0) is 35.7. The van der Waals surface area contributed by atoms with Gasteiger partial charge in [-0.15, -0.1) is 0 Å². The summed E-state index contributed by atoms with van der Waals surface area (Å²) in [4.78, 5) is 30.1. The fourth-order valence-corrected chi connectivity index (χ4v) is 6.90. The summed E-state index contributed by atoms with van der Waals surface area (Å²) in [5.41, 5.74) is 2.47. The van der Waals surface area contributed by atoms with Gasteiger partial charge in [-0.3, -0.25) is 13.9 Å². The number of benzene rings is 4. The van der Waals surface area contributed by atoms with Crippen molar-refractivity contribution in [1.82, 2.24) is 10.2 Å². The van der Waals surface area contributed by atoms with Crippen molar-refractivity contribution in [1.29, 1.82) is 0 Å². The van der Waals surface area contributed by atoms with Crippen LogP contribution in [0.3, 0.4) is 0 Å². The number of aryl methyl sites for hydroxylation is 1. The number of anilines is 1. The van der Waals surface area contributed by atoms with Crippen LogP contribution in [-0.4, -0.2) is 58.0 Å². The number of nitrogens with zero attached hydrogens (tertiary/aromatic N) is 2. The average Bonchev–Trinajstić information content (AvgIpc) is 3.10. The maximum absolute atomic E-state index is 14.7. The van der Waals surface area contributed by atoms with Gasteiger partial charge >= 0.3 is 0 Å². The standard InChI is InChI=1S/C37H41Cl2N3O6S/c1-6-26(3)40-37(44)33(21-27-10-8-7-9-11-27)41(23-28-14-18-31(38)32(39)20-28)36(43)24-42(29-15-19-34(47-4)35(22-29)48-5)49(45,46)30-16-12-25(2)13-17-30/h7-20,22,26,33H,6,21,23-24H2,1-5H3,(H,40,44). The number of sulfonamides is 1. The van der Waals surface area contributed by atoms with Crippen LogP contribution in [0.5, 0.6) is 11.5 Å². The molecular weight excluding hydrogens is 685 g/mol. The first-order valence-corrected chi connectivity index (χ1v) is 18.0. The number of halogens is 2. The van der Waals surface area contributed by atoms with Gasteiger partial charge in [0.15, 0.2) is 11.5 Å². The van der Waals surface area contributed by atoms with E-state index in [4.69, 9.17) is 32.7 Å². The molecule has 4 aromatic rings. The molecule has 2 amide bonds. The van der Waals surface area contributed by atoms with Gasteiger partial charge in [-0.1, -0.05) is 84.2 Å². The predicted octanol–water partition coefficient (Wildman–Crippen LogP) is 7.07. The van der Waals surface area contributed by atoms with Crippen molar-refractivity contribution in [2.75, 3.05) is 25.1 Å². The summed E-state index contributed by atoms with van der Waals surface area (Å²) >= 11 is 12.6. The minimum atomic E-state index is -4.31. The van der Waals surface area contributed by atoms with Crippen LogP contribution >= 0.6 is 23.2 Å². The first kappa shape index (κ1) is 37.6. The Kier molecular flexibility index (Phi) is 13.0. The average molecular weight is 727 g/mol. The SMILES string of the molecule is CCC(C)NC(=O)C(Cc1ccccc1)N(Cc1ccc(Cl)c(Cl)c1)C(=O)CN(c1ccc(OC)c(OC)c1)S(=O)(=O)c1ccc(C)cc1. The molecule has 1 N–H and O–H groups in total. The van der Waals surface area contributed by atoms with Gasteiger partial charge in [0.25, 0.3) is 10.0 Å². The lowest BCUT2D eigenvalue weighted by Crippen LogP contribution is -2.54. The van der Waals surface area contributed by atoms with Gasteiger partial charge in [0.1, 0.15) is 12.6 Å². The van der Waals surface area contributed by atoms with Crippen LogP contribution in [-0.2, 0) is 32.6 Å². The van der Waals surface area contributed by atoms with Gasteiger partial charge in [-0.25, -0.2) is 8.42 Å². The van der Waals surface area contributed by atoms with Crippen LogP contribution < -0.4 is 19.1 Å². The van der Waals surface area contributed by atoms with Gasteiger partial charge < -0.3 is 19.7 Å². The number of rotatable bonds is 15. The molecule has 2 unspecified atom stereocenters. The van der Waals surface area contributed by atoms with Gasteiger partial charge in [0, 0.05) is 25.1 Å². The third-order valence-corrected chi connectivity index (χ3v) is 10.7. The molecule has 0 radical (unpaired) electrons. The summed E-state index contributed by atoms with van der Waals surface area (Å²) in [6, 6.07) is 24.1. The highest BCUT2D eigenvalue weighted by Gasteiger charge is 2.35. The number of hydrogen-bond donors (Lipinski definition) is 1. The fourth-order valence-electron chi connectivity index (χ4n) is 5.18. The van der Waals surface area contributed by atoms with E-state index in [0.717, 1.165) is 15.4 Å². The topological polar surface area (TPSA) is 105 Å². The van der Waals surface area contributed by atoms with Crippen molar-refractivity contribution in [3.05, 3.63) is 118 Å². The molecule has 12 heteroatoms. The largest absolute Gasteiger partial charge is 0.493 e. The van der Waals surface area contributed by atoms with Crippen molar-refractivity contribution >= 4 is 50.7 Å². The number of methoxy groups -OCH3 is 2. The number of nitrogens with one attached hydrogen (secondary N) is 1. The van der Waals surface area contributed by atoms with E-state index in [1.54, 1.807) is 42.5 Å². The second-order valence-electron chi connectivity index (χ2n) is 11.7. The van der Waals surface area contributed by atoms with Crippen LogP contribution in [0.1, 0.15) is 37.0 Å². The maximum atomic E-state index is 14.7. The molecule has 0 bridgehead atoms. The van der Waals surface area contributed by atoms with E-state index < -0.39 is 28.5 Å². The number of amides is 2. The van der Waals surface area contributed by atoms with E-state index >= 15 is 0 Å². The molecule has 0 aliphatic carbocycles. The molecule has 260 valence electrons. The first-order chi connectivity index (χ1) is 23.4. The highest BCUT2D eigenvalue weighted by molar-refractivity contribution is 7.92. The monoisotopic (exact) mass is 725 g/mol. The number of hydrogen-bond acceptors (Lipinski definition) is 6. The molecule has 0 saturated heterocycles. The summed E-state index contributed by atoms with van der Waals surface area (Å²) in [6.07, 6.45) is 0.851. The van der Waals surface area contributed by atoms with E-state index in [9.17, 15) is 18.0 Å². The Morgan fingerprint density at radius 1 is 0.837 bits per heavy atom. The molecule has 2 atom stereocenters. The first-order valence-electron chi connectivity index (χ1n) is 15.8. The quantitative estimate of drug-likeness (QED) is 0.141. The Hall–Kier alpha value is -4.25. The number of ether oxygens (including phenoxy) is 2. The predicted molar refractivity (Wildman–Crippen MR) is 194 cm³/mol. The normalized spacial score (nSPS) is 12.5. The van der Waals surface area contributed by atoms with Gasteiger partial charge in [0.05, 0.1) is 34.8 Å². The summed E-state index contributed by atoms with van der Waals surface area (Å²) < 4.78 is 40.6. The highest BCUT2D eigenvalue weighted by atomic mass is 35.5. The van der Waals surface area contributed by atoms with E-state index in [0.29, 0.717) is 22.8 Å². The Labute approximate surface area is 298 Å². The van der Waals surface area contributed by atoms with Crippen LogP contribution in [0.25, 0.3) is 0 Å². The molecule has 4 aromatic carbocycles. The molecule has 49 heavy (non-hydrogen) atoms. The van der Waals surface area contributed by atoms with Crippen molar-refractivity contribution in [2.24, 2.45) is 0 Å². The third-order valence-electron chi connectivity index (χ3n) is 8.15. The summed E-state index contributed by atoms with van der Waals surface area (Å²) in [5, 5.41) is 3.64. The second-order valence-corrected chi connectivity index (χ2v) is 14.3. The number of carbonyl (C=O) groups excluding carboxylic acids is 2. The molecule has 0 aliphatic rings. The van der Waals surface area contributed by atoms with E-state index in [2.05, 4.69) is 5.32 Å². The Bertz CT molecular complexity index is 1860. The summed E-state index contributed by atoms with van der Waals surface area (Å²) in [7, 11) is -1.40. The van der Waals surface area contributed by atoms with Crippen molar-refractivity contribution < 1.29 is 27.5 Å². The van der Waals surface area contributed by atoms with Gasteiger partial charge in [0.2, 0.25) is 11.8 Å². The molecular formula is C37H41Cl2N3O6S. The van der Waals surface area contributed by atoms with Crippen LogP contribution in [0, 0.1) is 6.92 Å². The van der Waals surface area contributed by atoms with E-state index in [1.165, 1.54) is 37.3 Å². The van der Waals surface area contributed by atoms with Gasteiger partial charge in [-0.05, 0) is 67.8 Å². The van der Waals surface area contributed by atoms with E-state index in [1.807, 2.05) is 51.1 Å². The van der Waals surface area contributed by atoms with Crippen LogP contribution in [0.4, 0.5) is 5.69 Å². The lowest BCUT2D eigenvalue weighted by atomic mass is 10.0. The van der Waals surface area contributed by atoms with Crippen molar-refractivity contribution in [2.45, 2.75) is 57.1 Å². The molecule has 9 nitrogen and oxygen atoms in total. The van der Waals surface area contributed by atoms with Crippen molar-refractivity contribution in [3.63, 3.8) is 0 Å². The summed E-state index contributed by atoms with van der Waals surface area (Å²) in [5.74, 6) is -0.322. The fraction of sp³-hybridized carbons (Fsp3) is 0.297. The molecule has 4 rings (SSSR count). The molecule has 0 aromatic heterocycles. The maximum Gasteiger partial charge on any atom is 0.264 e. The molecule has 0 spiro atoms. The zero-order valence-corrected chi connectivity index (χ0v) is 30.5. The van der Waals surface area contributed by atoms with Crippen LogP contribution in [0.2, 0.25) is 10.0 Å².